The van der Waals surface area contributed by atoms with Crippen LogP contribution in [-0.4, -0.2) is 65.3 Å². The van der Waals surface area contributed by atoms with Gasteiger partial charge in [0.2, 0.25) is 0 Å². The molecule has 3 atom stereocenters. The summed E-state index contributed by atoms with van der Waals surface area (Å²) in [6.45, 7) is 12.2. The molecule has 1 aromatic heterocycles. The zero-order valence-corrected chi connectivity index (χ0v) is 26.0. The molecule has 3 aromatic rings. The Morgan fingerprint density at radius 2 is 1.98 bits per heavy atom. The Hall–Kier alpha value is -3.79. The average Bonchev–Trinajstić information content (AvgIpc) is 3.44. The summed E-state index contributed by atoms with van der Waals surface area (Å²) in [6, 6.07) is 16.7. The van der Waals surface area contributed by atoms with Gasteiger partial charge >= 0.3 is 5.97 Å². The lowest BCUT2D eigenvalue weighted by Crippen LogP contribution is -2.44. The van der Waals surface area contributed by atoms with Crippen molar-refractivity contribution in [3.05, 3.63) is 76.3 Å². The summed E-state index contributed by atoms with van der Waals surface area (Å²) in [5, 5.41) is 15.6. The van der Waals surface area contributed by atoms with Crippen molar-refractivity contribution in [2.75, 3.05) is 24.8 Å². The van der Waals surface area contributed by atoms with Gasteiger partial charge in [0.25, 0.3) is 0 Å². The van der Waals surface area contributed by atoms with Crippen LogP contribution < -0.4 is 9.75 Å². The normalized spacial score (nSPS) is 21.9. The van der Waals surface area contributed by atoms with E-state index in [-0.39, 0.29) is 6.10 Å². The first-order chi connectivity index (χ1) is 21.3. The van der Waals surface area contributed by atoms with Crippen molar-refractivity contribution >= 4 is 18.0 Å². The van der Waals surface area contributed by atoms with Crippen molar-refractivity contribution in [1.82, 2.24) is 9.88 Å². The number of hydrogen-bond donors (Lipinski definition) is 1. The zero-order valence-electron chi connectivity index (χ0n) is 26.0. The van der Waals surface area contributed by atoms with Crippen molar-refractivity contribution in [2.45, 2.75) is 78.5 Å². The smallest absolute Gasteiger partial charge is 0.316 e. The van der Waals surface area contributed by atoms with E-state index < -0.39 is 18.1 Å². The van der Waals surface area contributed by atoms with E-state index in [1.807, 2.05) is 57.2 Å². The Morgan fingerprint density at radius 3 is 2.75 bits per heavy atom. The molecule has 1 fully saturated rings. The van der Waals surface area contributed by atoms with Crippen molar-refractivity contribution in [3.8, 4) is 17.0 Å². The molecule has 2 unspecified atom stereocenters. The third-order valence-electron chi connectivity index (χ3n) is 8.91. The number of carboxylic acids is 1. The van der Waals surface area contributed by atoms with E-state index in [4.69, 9.17) is 19.2 Å². The van der Waals surface area contributed by atoms with Crippen LogP contribution in [0.15, 0.2) is 53.6 Å². The first-order valence-electron chi connectivity index (χ1n) is 15.6. The minimum absolute atomic E-state index is 0.177. The maximum absolute atomic E-state index is 11.9. The second-order valence-electron chi connectivity index (χ2n) is 12.2. The van der Waals surface area contributed by atoms with E-state index in [1.165, 1.54) is 34.9 Å². The minimum Gasteiger partial charge on any atom is -0.488 e. The quantitative estimate of drug-likeness (QED) is 0.333. The number of aryl methyl sites for hydroxylation is 1. The van der Waals surface area contributed by atoms with Crippen LogP contribution in [0.2, 0.25) is 0 Å². The number of nitrogens with zero attached hydrogens (tertiary/aromatic N) is 4. The third kappa shape index (κ3) is 6.22. The summed E-state index contributed by atoms with van der Waals surface area (Å²) < 4.78 is 18.3. The van der Waals surface area contributed by atoms with Gasteiger partial charge in [0, 0.05) is 37.5 Å². The van der Waals surface area contributed by atoms with Gasteiger partial charge in [-0.05, 0) is 93.0 Å². The molecule has 2 aromatic carbocycles. The number of hydrogen-bond acceptors (Lipinski definition) is 8. The van der Waals surface area contributed by atoms with E-state index in [1.54, 1.807) is 5.01 Å². The van der Waals surface area contributed by atoms with Gasteiger partial charge in [-0.2, -0.15) is 5.10 Å². The molecule has 0 radical (unpaired) electrons. The largest absolute Gasteiger partial charge is 0.488 e. The highest BCUT2D eigenvalue weighted by Crippen LogP contribution is 2.36. The van der Waals surface area contributed by atoms with Gasteiger partial charge < -0.3 is 19.3 Å². The number of benzene rings is 2. The standard InChI is InChI=1S/C35H42N4O5/c1-22(2)44-34-30(35(40)41)18-36-39(34)32-12-6-11-31(37-32)29-10-5-8-23(3)33(29)43-20-26-14-13-25-19-38(16-15-28(25)24(26)4)27-9-7-17-42-21-27/h5-6,8,10-14,18,22,27,30,34H,7,9,15-17,19-21H2,1-4H3,(H,40,41)/t27-,30?,34?/m1/s1. The molecule has 0 aliphatic carbocycles. The van der Waals surface area contributed by atoms with E-state index in [2.05, 4.69) is 29.1 Å². The molecular formula is C35H42N4O5. The molecule has 232 valence electrons. The first-order valence-corrected chi connectivity index (χ1v) is 15.6. The van der Waals surface area contributed by atoms with E-state index in [9.17, 15) is 9.90 Å². The predicted octanol–water partition coefficient (Wildman–Crippen LogP) is 5.74. The van der Waals surface area contributed by atoms with Crippen molar-refractivity contribution in [2.24, 2.45) is 11.0 Å². The molecule has 44 heavy (non-hydrogen) atoms. The molecular weight excluding hydrogens is 556 g/mol. The summed E-state index contributed by atoms with van der Waals surface area (Å²) in [5.74, 6) is -0.577. The lowest BCUT2D eigenvalue weighted by molar-refractivity contribution is -0.144. The lowest BCUT2D eigenvalue weighted by atomic mass is 9.91. The predicted molar refractivity (Wildman–Crippen MR) is 170 cm³/mol. The van der Waals surface area contributed by atoms with Crippen LogP contribution in [0.3, 0.4) is 0 Å². The Morgan fingerprint density at radius 1 is 1.14 bits per heavy atom. The number of hydrazone groups is 1. The van der Waals surface area contributed by atoms with E-state index >= 15 is 0 Å². The van der Waals surface area contributed by atoms with Crippen LogP contribution in [0.1, 0.15) is 54.5 Å². The SMILES string of the molecule is Cc1cccc(-c2cccc(N3N=CC(C(=O)O)C3OC(C)C)n2)c1OCc1ccc2c(c1C)CCN([C@@H]1CCCOC1)C2. The zero-order chi connectivity index (χ0) is 30.8. The number of aromatic nitrogens is 1. The molecule has 0 amide bonds. The minimum atomic E-state index is -0.985. The fourth-order valence-electron chi connectivity index (χ4n) is 6.52. The van der Waals surface area contributed by atoms with Crippen LogP contribution in [0.25, 0.3) is 11.3 Å². The number of fused-ring (bicyclic) bond motifs is 1. The molecule has 9 heteroatoms. The summed E-state index contributed by atoms with van der Waals surface area (Å²) in [7, 11) is 0. The third-order valence-corrected chi connectivity index (χ3v) is 8.91. The topological polar surface area (TPSA) is 96.7 Å². The van der Waals surface area contributed by atoms with E-state index in [0.29, 0.717) is 24.2 Å². The Bertz CT molecular complexity index is 1530. The number of rotatable bonds is 9. The van der Waals surface area contributed by atoms with Gasteiger partial charge in [-0.15, -0.1) is 0 Å². The van der Waals surface area contributed by atoms with Gasteiger partial charge in [-0.1, -0.05) is 30.3 Å². The number of pyridine rings is 1. The number of ether oxygens (including phenoxy) is 3. The second-order valence-corrected chi connectivity index (χ2v) is 12.2. The highest BCUT2D eigenvalue weighted by Gasteiger charge is 2.39. The fraction of sp³-hybridized carbons (Fsp3) is 0.457. The Balaban J connectivity index is 1.21. The highest BCUT2D eigenvalue weighted by atomic mass is 16.5. The maximum Gasteiger partial charge on any atom is 0.316 e. The fourth-order valence-corrected chi connectivity index (χ4v) is 6.52. The molecule has 6 rings (SSSR count). The molecule has 0 bridgehead atoms. The molecule has 1 N–H and O–H groups in total. The van der Waals surface area contributed by atoms with Crippen molar-refractivity contribution < 1.29 is 24.1 Å². The van der Waals surface area contributed by atoms with E-state index in [0.717, 1.165) is 56.0 Å². The Labute approximate surface area is 259 Å². The molecule has 4 heterocycles. The Kier molecular flexibility index (Phi) is 8.98. The van der Waals surface area contributed by atoms with Crippen LogP contribution in [0, 0.1) is 19.8 Å². The van der Waals surface area contributed by atoms with Gasteiger partial charge in [0.1, 0.15) is 18.3 Å². The van der Waals surface area contributed by atoms with Gasteiger partial charge in [-0.3, -0.25) is 9.69 Å². The molecule has 0 spiro atoms. The second kappa shape index (κ2) is 13.1. The molecule has 3 aliphatic rings. The van der Waals surface area contributed by atoms with Gasteiger partial charge in [-0.25, -0.2) is 9.99 Å². The average molecular weight is 599 g/mol. The van der Waals surface area contributed by atoms with Crippen LogP contribution >= 0.6 is 0 Å². The highest BCUT2D eigenvalue weighted by molar-refractivity contribution is 5.92. The molecule has 9 nitrogen and oxygen atoms in total. The van der Waals surface area contributed by atoms with Crippen molar-refractivity contribution in [3.63, 3.8) is 0 Å². The van der Waals surface area contributed by atoms with Crippen LogP contribution in [0.4, 0.5) is 5.82 Å². The number of anilines is 1. The van der Waals surface area contributed by atoms with Crippen LogP contribution in [-0.2, 0) is 33.8 Å². The lowest BCUT2D eigenvalue weighted by Gasteiger charge is -2.38. The first kappa shape index (κ1) is 30.2. The van der Waals surface area contributed by atoms with Crippen molar-refractivity contribution in [1.29, 1.82) is 0 Å². The van der Waals surface area contributed by atoms with Gasteiger partial charge in [0.15, 0.2) is 12.0 Å². The van der Waals surface area contributed by atoms with Crippen LogP contribution in [0.5, 0.6) is 5.75 Å². The number of carboxylic acid groups (broad SMARTS) is 1. The molecule has 3 aliphatic heterocycles. The molecule has 1 saturated heterocycles. The number of carbonyl (C=O) groups is 1. The number of para-hydroxylation sites is 1. The summed E-state index contributed by atoms with van der Waals surface area (Å²) >= 11 is 0. The summed E-state index contributed by atoms with van der Waals surface area (Å²) in [4.78, 5) is 19.4. The van der Waals surface area contributed by atoms with Gasteiger partial charge in [0.05, 0.1) is 18.4 Å². The summed E-state index contributed by atoms with van der Waals surface area (Å²) in [5.41, 5.74) is 7.96. The number of aliphatic carboxylic acids is 1. The monoisotopic (exact) mass is 598 g/mol. The maximum atomic E-state index is 11.9. The molecule has 0 saturated carbocycles. The summed E-state index contributed by atoms with van der Waals surface area (Å²) in [6.07, 6.45) is 3.86.